The van der Waals surface area contributed by atoms with Gasteiger partial charge < -0.3 is 0 Å². The molecule has 2 aliphatic carbocycles. The maximum absolute atomic E-state index is 14.2. The number of benzene rings is 1. The van der Waals surface area contributed by atoms with Crippen molar-refractivity contribution in [1.29, 1.82) is 0 Å². The van der Waals surface area contributed by atoms with E-state index in [-0.39, 0.29) is 18.3 Å². The first-order chi connectivity index (χ1) is 11.3. The highest BCUT2D eigenvalue weighted by atomic mass is 19.3. The number of aryl methyl sites for hydroxylation is 1. The van der Waals surface area contributed by atoms with Gasteiger partial charge in [-0.1, -0.05) is 19.1 Å². The Morgan fingerprint density at radius 1 is 0.875 bits per heavy atom. The van der Waals surface area contributed by atoms with Crippen molar-refractivity contribution in [1.82, 2.24) is 0 Å². The van der Waals surface area contributed by atoms with Crippen LogP contribution in [0.5, 0.6) is 0 Å². The lowest BCUT2D eigenvalue weighted by Crippen LogP contribution is -2.37. The van der Waals surface area contributed by atoms with Crippen molar-refractivity contribution in [2.45, 2.75) is 70.6 Å². The van der Waals surface area contributed by atoms with Crippen LogP contribution in [-0.2, 0) is 0 Å². The van der Waals surface area contributed by atoms with Crippen molar-refractivity contribution >= 4 is 0 Å². The first-order valence-electron chi connectivity index (χ1n) is 9.12. The van der Waals surface area contributed by atoms with E-state index in [1.54, 1.807) is 26.0 Å². The van der Waals surface area contributed by atoms with Gasteiger partial charge in [-0.2, -0.15) is 0 Å². The molecule has 0 N–H and O–H groups in total. The number of alkyl halides is 2. The monoisotopic (exact) mass is 342 g/mol. The lowest BCUT2D eigenvalue weighted by atomic mass is 9.67. The summed E-state index contributed by atoms with van der Waals surface area (Å²) in [4.78, 5) is 0. The van der Waals surface area contributed by atoms with Crippen LogP contribution >= 0.6 is 0 Å². The molecule has 0 unspecified atom stereocenters. The van der Waals surface area contributed by atoms with Gasteiger partial charge in [-0.25, -0.2) is 17.6 Å². The molecule has 1 aromatic carbocycles. The van der Waals surface area contributed by atoms with E-state index in [2.05, 4.69) is 0 Å². The van der Waals surface area contributed by atoms with Crippen molar-refractivity contribution < 1.29 is 17.6 Å². The normalized spacial score (nSPS) is 33.4. The highest BCUT2D eigenvalue weighted by molar-refractivity contribution is 5.28. The first-order valence-corrected chi connectivity index (χ1v) is 9.12. The minimum Gasteiger partial charge on any atom is -0.207 e. The van der Waals surface area contributed by atoms with Gasteiger partial charge in [0.15, 0.2) is 11.6 Å². The molecule has 2 atom stereocenters. The second-order valence-corrected chi connectivity index (χ2v) is 7.91. The highest BCUT2D eigenvalue weighted by Crippen LogP contribution is 2.48. The van der Waals surface area contributed by atoms with Crippen LogP contribution in [0.3, 0.4) is 0 Å². The lowest BCUT2D eigenvalue weighted by Gasteiger charge is -2.40. The standard InChI is InChI=1S/C20H26F4/c1-12-3-10-17(19(22)18(12)21)15-8-6-14(7-9-15)16-5-4-13(2)20(23,24)11-16/h3,10,13-16H,4-9,11H2,1-2H3/t13-,14?,15?,16-/m0/s1. The Hall–Kier alpha value is -1.06. The third-order valence-corrected chi connectivity index (χ3v) is 6.41. The van der Waals surface area contributed by atoms with Crippen molar-refractivity contribution in [3.05, 3.63) is 34.9 Å². The number of halogens is 4. The number of hydrogen-bond acceptors (Lipinski definition) is 0. The molecule has 0 aliphatic heterocycles. The Kier molecular flexibility index (Phi) is 4.94. The van der Waals surface area contributed by atoms with Crippen molar-refractivity contribution in [2.24, 2.45) is 17.8 Å². The molecule has 3 rings (SSSR count). The van der Waals surface area contributed by atoms with Crippen molar-refractivity contribution in [2.75, 3.05) is 0 Å². The molecule has 0 radical (unpaired) electrons. The summed E-state index contributed by atoms with van der Waals surface area (Å²) < 4.78 is 55.9. The van der Waals surface area contributed by atoms with Crippen LogP contribution in [0.15, 0.2) is 12.1 Å². The molecule has 2 fully saturated rings. The number of rotatable bonds is 2. The summed E-state index contributed by atoms with van der Waals surface area (Å²) in [5, 5.41) is 0. The molecule has 1 aromatic rings. The van der Waals surface area contributed by atoms with Gasteiger partial charge in [-0.3, -0.25) is 0 Å². The van der Waals surface area contributed by atoms with E-state index in [4.69, 9.17) is 0 Å². The zero-order valence-corrected chi connectivity index (χ0v) is 14.4. The van der Waals surface area contributed by atoms with Gasteiger partial charge in [0.1, 0.15) is 0 Å². The van der Waals surface area contributed by atoms with Crippen molar-refractivity contribution in [3.63, 3.8) is 0 Å². The Balaban J connectivity index is 1.63. The molecule has 0 nitrogen and oxygen atoms in total. The fraction of sp³-hybridized carbons (Fsp3) is 0.700. The summed E-state index contributed by atoms with van der Waals surface area (Å²) in [5.74, 6) is -4.15. The maximum Gasteiger partial charge on any atom is 0.250 e. The van der Waals surface area contributed by atoms with Crippen LogP contribution in [0.25, 0.3) is 0 Å². The van der Waals surface area contributed by atoms with Crippen LogP contribution in [0, 0.1) is 36.3 Å². The summed E-state index contributed by atoms with van der Waals surface area (Å²) in [7, 11) is 0. The van der Waals surface area contributed by atoms with Gasteiger partial charge in [-0.15, -0.1) is 0 Å². The van der Waals surface area contributed by atoms with Gasteiger partial charge in [-0.05, 0) is 74.3 Å². The fourth-order valence-electron chi connectivity index (χ4n) is 4.61. The van der Waals surface area contributed by atoms with E-state index in [9.17, 15) is 17.6 Å². The van der Waals surface area contributed by atoms with E-state index in [1.165, 1.54) is 0 Å². The molecule has 134 valence electrons. The van der Waals surface area contributed by atoms with Gasteiger partial charge in [0.25, 0.3) is 5.92 Å². The smallest absolute Gasteiger partial charge is 0.207 e. The largest absolute Gasteiger partial charge is 0.250 e. The SMILES string of the molecule is Cc1ccc(C2CCC([C@H]3CC[C@H](C)C(F)(F)C3)CC2)c(F)c1F. The third kappa shape index (κ3) is 3.34. The maximum atomic E-state index is 14.2. The zero-order chi connectivity index (χ0) is 17.5. The predicted molar refractivity (Wildman–Crippen MR) is 87.2 cm³/mol. The first kappa shape index (κ1) is 17.8. The quantitative estimate of drug-likeness (QED) is 0.530. The van der Waals surface area contributed by atoms with Gasteiger partial charge in [0.2, 0.25) is 0 Å². The fourth-order valence-corrected chi connectivity index (χ4v) is 4.61. The summed E-state index contributed by atoms with van der Waals surface area (Å²) >= 11 is 0. The molecule has 0 bridgehead atoms. The molecule has 24 heavy (non-hydrogen) atoms. The van der Waals surface area contributed by atoms with E-state index < -0.39 is 23.5 Å². The average molecular weight is 342 g/mol. The second kappa shape index (κ2) is 6.68. The van der Waals surface area contributed by atoms with E-state index >= 15 is 0 Å². The number of hydrogen-bond donors (Lipinski definition) is 0. The Morgan fingerprint density at radius 3 is 2.12 bits per heavy atom. The predicted octanol–water partition coefficient (Wildman–Crippen LogP) is 6.62. The van der Waals surface area contributed by atoms with Crippen LogP contribution < -0.4 is 0 Å². The van der Waals surface area contributed by atoms with Crippen LogP contribution in [0.1, 0.15) is 68.9 Å². The molecule has 4 heteroatoms. The molecule has 2 aliphatic rings. The summed E-state index contributed by atoms with van der Waals surface area (Å²) in [6.45, 7) is 3.20. The van der Waals surface area contributed by atoms with Crippen LogP contribution in [0.2, 0.25) is 0 Å². The molecule has 0 spiro atoms. The van der Waals surface area contributed by atoms with E-state index in [0.29, 0.717) is 23.5 Å². The van der Waals surface area contributed by atoms with Crippen LogP contribution in [0.4, 0.5) is 17.6 Å². The van der Waals surface area contributed by atoms with E-state index in [0.717, 1.165) is 32.1 Å². The highest BCUT2D eigenvalue weighted by Gasteiger charge is 2.45. The zero-order valence-electron chi connectivity index (χ0n) is 14.4. The minimum atomic E-state index is -2.55. The van der Waals surface area contributed by atoms with Gasteiger partial charge >= 0.3 is 0 Å². The summed E-state index contributed by atoms with van der Waals surface area (Å²) in [6.07, 6.45) is 4.68. The lowest BCUT2D eigenvalue weighted by molar-refractivity contribution is -0.105. The summed E-state index contributed by atoms with van der Waals surface area (Å²) in [5.41, 5.74) is 0.780. The van der Waals surface area contributed by atoms with Crippen LogP contribution in [-0.4, -0.2) is 5.92 Å². The third-order valence-electron chi connectivity index (χ3n) is 6.41. The topological polar surface area (TPSA) is 0 Å². The Bertz CT molecular complexity index is 588. The molecular weight excluding hydrogens is 316 g/mol. The van der Waals surface area contributed by atoms with Crippen molar-refractivity contribution in [3.8, 4) is 0 Å². The van der Waals surface area contributed by atoms with Gasteiger partial charge in [0.05, 0.1) is 0 Å². The molecule has 2 saturated carbocycles. The Labute approximate surface area is 141 Å². The minimum absolute atomic E-state index is 0.00296. The second-order valence-electron chi connectivity index (χ2n) is 7.91. The molecule has 0 aromatic heterocycles. The average Bonchev–Trinajstić information content (AvgIpc) is 2.56. The summed E-state index contributed by atoms with van der Waals surface area (Å²) in [6, 6.07) is 3.32. The molecule has 0 heterocycles. The molecule has 0 saturated heterocycles. The van der Waals surface area contributed by atoms with Gasteiger partial charge in [0, 0.05) is 12.3 Å². The van der Waals surface area contributed by atoms with E-state index in [1.807, 2.05) is 0 Å². The Morgan fingerprint density at radius 2 is 1.50 bits per heavy atom. The molecular formula is C20H26F4. The molecule has 0 amide bonds.